The van der Waals surface area contributed by atoms with Gasteiger partial charge >= 0.3 is 5.69 Å². The van der Waals surface area contributed by atoms with Crippen LogP contribution in [0.15, 0.2) is 58.4 Å². The number of hydrogen-bond donors (Lipinski definition) is 0. The number of nitrogens with zero attached hydrogens (tertiary/aromatic N) is 6. The van der Waals surface area contributed by atoms with Crippen LogP contribution in [-0.4, -0.2) is 31.0 Å². The van der Waals surface area contributed by atoms with Crippen LogP contribution < -0.4 is 16.0 Å². The van der Waals surface area contributed by atoms with Gasteiger partial charge in [0, 0.05) is 17.6 Å². The van der Waals surface area contributed by atoms with Gasteiger partial charge in [-0.3, -0.25) is 18.6 Å². The number of rotatable bonds is 6. The lowest BCUT2D eigenvalue weighted by molar-refractivity contribution is 0.418. The van der Waals surface area contributed by atoms with Gasteiger partial charge in [-0.2, -0.15) is 10.4 Å². The van der Waals surface area contributed by atoms with Crippen LogP contribution in [0.5, 0.6) is 5.75 Å². The van der Waals surface area contributed by atoms with Gasteiger partial charge in [0.15, 0.2) is 23.3 Å². The van der Waals surface area contributed by atoms with E-state index in [-0.39, 0.29) is 39.6 Å². The van der Waals surface area contributed by atoms with Crippen molar-refractivity contribution in [3.63, 3.8) is 0 Å². The zero-order chi connectivity index (χ0) is 29.6. The largest absolute Gasteiger partial charge is 0.496 e. The highest BCUT2D eigenvalue weighted by Crippen LogP contribution is 2.36. The van der Waals surface area contributed by atoms with Crippen molar-refractivity contribution in [2.45, 2.75) is 19.5 Å². The number of halogens is 4. The number of hydrogen-bond acceptors (Lipinski definition) is 6. The summed E-state index contributed by atoms with van der Waals surface area (Å²) in [5, 5.41) is 13.8. The maximum Gasteiger partial charge on any atom is 0.332 e. The van der Waals surface area contributed by atoms with Gasteiger partial charge in [0.1, 0.15) is 17.5 Å². The minimum Gasteiger partial charge on any atom is -0.496 e. The molecule has 0 spiro atoms. The second-order valence-corrected chi connectivity index (χ2v) is 9.64. The lowest BCUT2D eigenvalue weighted by Gasteiger charge is -2.22. The summed E-state index contributed by atoms with van der Waals surface area (Å²) in [6.45, 7) is 1.16. The first-order valence-corrected chi connectivity index (χ1v) is 12.5. The molecule has 41 heavy (non-hydrogen) atoms. The van der Waals surface area contributed by atoms with E-state index in [1.54, 1.807) is 7.05 Å². The monoisotopic (exact) mass is 580 g/mol. The van der Waals surface area contributed by atoms with Gasteiger partial charge in [0.2, 0.25) is 0 Å². The molecule has 0 amide bonds. The summed E-state index contributed by atoms with van der Waals surface area (Å²) in [6, 6.07) is 10.1. The van der Waals surface area contributed by atoms with Crippen molar-refractivity contribution in [3.8, 4) is 22.9 Å². The molecule has 1 atom stereocenters. The Labute approximate surface area is 235 Å². The van der Waals surface area contributed by atoms with Crippen molar-refractivity contribution >= 4 is 22.5 Å². The van der Waals surface area contributed by atoms with Crippen molar-refractivity contribution in [1.82, 2.24) is 23.9 Å². The number of benzene rings is 3. The number of methoxy groups -OCH3 is 1. The van der Waals surface area contributed by atoms with E-state index in [0.29, 0.717) is 16.7 Å². The first kappa shape index (κ1) is 27.7. The van der Waals surface area contributed by atoms with E-state index in [2.05, 4.69) is 10.1 Å². The van der Waals surface area contributed by atoms with E-state index < -0.39 is 34.7 Å². The van der Waals surface area contributed by atoms with Crippen LogP contribution in [0.25, 0.3) is 22.0 Å². The topological polar surface area (TPSA) is 108 Å². The molecule has 9 nitrogen and oxygen atoms in total. The Morgan fingerprint density at radius 3 is 2.41 bits per heavy atom. The number of aryl methyl sites for hydroxylation is 1. The zero-order valence-corrected chi connectivity index (χ0v) is 22.6. The summed E-state index contributed by atoms with van der Waals surface area (Å²) in [4.78, 5) is 31.9. The minimum atomic E-state index is -1.65. The molecule has 5 aromatic rings. The second-order valence-electron chi connectivity index (χ2n) is 9.23. The lowest BCUT2D eigenvalue weighted by atomic mass is 10.00. The summed E-state index contributed by atoms with van der Waals surface area (Å²) in [5.74, 6) is -4.29. The van der Waals surface area contributed by atoms with E-state index >= 15 is 0 Å². The molecule has 0 bridgehead atoms. The second kappa shape index (κ2) is 10.6. The molecule has 2 aromatic heterocycles. The Kier molecular flexibility index (Phi) is 7.15. The van der Waals surface area contributed by atoms with Crippen LogP contribution in [0.3, 0.4) is 0 Å². The van der Waals surface area contributed by atoms with Crippen LogP contribution in [0.1, 0.15) is 29.9 Å². The molecule has 0 saturated carbocycles. The molecule has 0 radical (unpaired) electrons. The third kappa shape index (κ3) is 4.85. The summed E-state index contributed by atoms with van der Waals surface area (Å²) >= 11 is 6.44. The van der Waals surface area contributed by atoms with Crippen LogP contribution in [0, 0.1) is 28.8 Å². The third-order valence-electron chi connectivity index (χ3n) is 6.69. The van der Waals surface area contributed by atoms with E-state index in [4.69, 9.17) is 16.3 Å². The zero-order valence-electron chi connectivity index (χ0n) is 21.8. The highest BCUT2D eigenvalue weighted by Gasteiger charge is 2.25. The van der Waals surface area contributed by atoms with Crippen molar-refractivity contribution < 1.29 is 17.9 Å². The van der Waals surface area contributed by atoms with Gasteiger partial charge in [0.25, 0.3) is 5.56 Å². The molecule has 0 aliphatic heterocycles. The summed E-state index contributed by atoms with van der Waals surface area (Å²) < 4.78 is 51.3. The fourth-order valence-corrected chi connectivity index (χ4v) is 4.90. The van der Waals surface area contributed by atoms with Crippen molar-refractivity contribution in [3.05, 3.63) is 109 Å². The van der Waals surface area contributed by atoms with Gasteiger partial charge in [-0.05, 0) is 60.5 Å². The molecular weight excluding hydrogens is 561 g/mol. The minimum absolute atomic E-state index is 0.0192. The fraction of sp³-hybridized carbons (Fsp3) is 0.179. The normalized spacial score (nSPS) is 12.0. The van der Waals surface area contributed by atoms with Crippen molar-refractivity contribution in [2.75, 3.05) is 7.11 Å². The average Bonchev–Trinajstić information content (AvgIpc) is 3.37. The molecule has 0 aliphatic carbocycles. The van der Waals surface area contributed by atoms with Crippen LogP contribution >= 0.6 is 11.6 Å². The summed E-state index contributed by atoms with van der Waals surface area (Å²) in [5.41, 5.74) is -0.461. The maximum atomic E-state index is 14.2. The average molecular weight is 581 g/mol. The van der Waals surface area contributed by atoms with Gasteiger partial charge in [0.05, 0.1) is 36.8 Å². The molecule has 3 aromatic carbocycles. The van der Waals surface area contributed by atoms with Crippen LogP contribution in [0.4, 0.5) is 13.2 Å². The number of nitriles is 1. The maximum absolute atomic E-state index is 14.2. The Morgan fingerprint density at radius 2 is 1.80 bits per heavy atom. The predicted octanol–water partition coefficient (Wildman–Crippen LogP) is 4.57. The molecule has 0 aliphatic rings. The van der Waals surface area contributed by atoms with E-state index in [0.717, 1.165) is 21.3 Å². The van der Waals surface area contributed by atoms with Crippen molar-refractivity contribution in [2.24, 2.45) is 7.05 Å². The summed E-state index contributed by atoms with van der Waals surface area (Å²) in [6.07, 6.45) is 1.40. The Hall–Kier alpha value is -4.89. The van der Waals surface area contributed by atoms with Crippen LogP contribution in [-0.2, 0) is 13.6 Å². The number of aromatic nitrogens is 5. The predicted molar refractivity (Wildman–Crippen MR) is 144 cm³/mol. The lowest BCUT2D eigenvalue weighted by Crippen LogP contribution is -2.42. The molecule has 0 unspecified atom stereocenters. The smallest absolute Gasteiger partial charge is 0.332 e. The number of fused-ring (bicyclic) bond motifs is 1. The standard InChI is InChI=1S/C28H20ClF3N6O3/c1-14(16-7-20(30)26(32)21(31)8-16)38-22-9-17(18-6-15(11-33)4-5-19(18)29)10-23(41-3)25(22)27(39)37(28(38)40)12-24-34-13-36(2)35-24/h4-10,13-14H,12H2,1-3H3/t14-/m1/s1. The molecule has 0 fully saturated rings. The fourth-order valence-electron chi connectivity index (χ4n) is 4.67. The molecular formula is C28H20ClF3N6O3. The third-order valence-corrected chi connectivity index (χ3v) is 7.02. The molecule has 2 heterocycles. The Bertz CT molecular complexity index is 1990. The van der Waals surface area contributed by atoms with Gasteiger partial charge < -0.3 is 4.74 Å². The molecule has 0 saturated heterocycles. The van der Waals surface area contributed by atoms with Crippen molar-refractivity contribution in [1.29, 1.82) is 5.26 Å². The summed E-state index contributed by atoms with van der Waals surface area (Å²) in [7, 11) is 2.95. The first-order valence-electron chi connectivity index (χ1n) is 12.1. The van der Waals surface area contributed by atoms with Gasteiger partial charge in [-0.1, -0.05) is 11.6 Å². The Morgan fingerprint density at radius 1 is 1.10 bits per heavy atom. The van der Waals surface area contributed by atoms with E-state index in [1.165, 1.54) is 55.4 Å². The van der Waals surface area contributed by atoms with E-state index in [1.807, 2.05) is 6.07 Å². The van der Waals surface area contributed by atoms with Gasteiger partial charge in [-0.25, -0.2) is 22.9 Å². The first-order chi connectivity index (χ1) is 19.5. The molecule has 208 valence electrons. The SMILES string of the molecule is COc1cc(-c2cc(C#N)ccc2Cl)cc2c1c(=O)n(Cc1ncn(C)n1)c(=O)n2[C@H](C)c1cc(F)c(F)c(F)c1. The molecule has 5 rings (SSSR count). The highest BCUT2D eigenvalue weighted by molar-refractivity contribution is 6.33. The van der Waals surface area contributed by atoms with Gasteiger partial charge in [-0.15, -0.1) is 0 Å². The number of ether oxygens (including phenoxy) is 1. The quantitative estimate of drug-likeness (QED) is 0.272. The molecule has 0 N–H and O–H groups in total. The van der Waals surface area contributed by atoms with E-state index in [9.17, 15) is 28.0 Å². The highest BCUT2D eigenvalue weighted by atomic mass is 35.5. The van der Waals surface area contributed by atoms with Crippen LogP contribution in [0.2, 0.25) is 5.02 Å². The molecule has 13 heteroatoms. The Balaban J connectivity index is 1.88.